The molecule has 0 aromatic carbocycles. The van der Waals surface area contributed by atoms with Crippen LogP contribution >= 0.6 is 0 Å². The average molecular weight is 218 g/mol. The number of nitrogens with one attached hydrogen (secondary N) is 1. The van der Waals surface area contributed by atoms with Crippen LogP contribution in [-0.2, 0) is 14.5 Å². The van der Waals surface area contributed by atoms with E-state index in [1.54, 1.807) is 13.2 Å². The lowest BCUT2D eigenvalue weighted by atomic mass is 9.99. The van der Waals surface area contributed by atoms with Crippen LogP contribution in [0.1, 0.15) is 19.8 Å². The number of carbonyl (C=O) groups excluding carboxylic acids is 1. The third-order valence-corrected chi connectivity index (χ3v) is 4.10. The molecule has 82 valence electrons. The summed E-state index contributed by atoms with van der Waals surface area (Å²) in [4.78, 5) is 11.6. The molecular weight excluding hydrogens is 200 g/mol. The molecule has 0 radical (unpaired) electrons. The molecule has 1 aliphatic heterocycles. The molecule has 5 heteroatoms. The molecule has 0 spiro atoms. The average Bonchev–Trinajstić information content (AvgIpc) is 2.19. The van der Waals surface area contributed by atoms with Crippen molar-refractivity contribution in [1.29, 1.82) is 0 Å². The second-order valence-electron chi connectivity index (χ2n) is 3.72. The monoisotopic (exact) mass is 218 g/mol. The van der Waals surface area contributed by atoms with Crippen LogP contribution in [0.15, 0.2) is 4.36 Å². The largest absolute Gasteiger partial charge is 0.316 e. The molecule has 1 heterocycles. The molecule has 1 N–H and O–H groups in total. The molecule has 14 heavy (non-hydrogen) atoms. The van der Waals surface area contributed by atoms with E-state index in [1.807, 2.05) is 0 Å². The van der Waals surface area contributed by atoms with Crippen LogP contribution in [0.2, 0.25) is 0 Å². The van der Waals surface area contributed by atoms with E-state index < -0.39 is 9.73 Å². The SMILES string of the molecule is CCS(C)(=O)=NC(=O)[C@@H]1CCCNC1. The summed E-state index contributed by atoms with van der Waals surface area (Å²) in [5, 5.41) is 3.15. The highest BCUT2D eigenvalue weighted by atomic mass is 32.2. The van der Waals surface area contributed by atoms with Crippen LogP contribution < -0.4 is 5.32 Å². The number of piperidine rings is 1. The molecule has 0 aromatic heterocycles. The number of hydrogen-bond donors (Lipinski definition) is 1. The fourth-order valence-electron chi connectivity index (χ4n) is 1.39. The minimum absolute atomic E-state index is 0.0592. The van der Waals surface area contributed by atoms with Crippen LogP contribution in [0.5, 0.6) is 0 Å². The Bertz CT molecular complexity index is 313. The van der Waals surface area contributed by atoms with E-state index in [0.29, 0.717) is 12.3 Å². The highest BCUT2D eigenvalue weighted by Gasteiger charge is 2.21. The number of amides is 1. The van der Waals surface area contributed by atoms with Gasteiger partial charge in [0.1, 0.15) is 0 Å². The Labute approximate surface area is 85.6 Å². The molecule has 1 amide bonds. The third-order valence-electron chi connectivity index (χ3n) is 2.46. The summed E-state index contributed by atoms with van der Waals surface area (Å²) < 4.78 is 15.4. The van der Waals surface area contributed by atoms with Crippen LogP contribution in [0.4, 0.5) is 0 Å². The van der Waals surface area contributed by atoms with Crippen molar-refractivity contribution in [2.75, 3.05) is 25.1 Å². The van der Waals surface area contributed by atoms with Crippen molar-refractivity contribution in [3.63, 3.8) is 0 Å². The smallest absolute Gasteiger partial charge is 0.258 e. The van der Waals surface area contributed by atoms with E-state index in [2.05, 4.69) is 9.68 Å². The van der Waals surface area contributed by atoms with Crippen molar-refractivity contribution in [3.8, 4) is 0 Å². The standard InChI is InChI=1S/C9H18N2O2S/c1-3-14(2,13)11-9(12)8-5-4-6-10-7-8/h8,10H,3-7H2,1-2H3/t8-,14?/m1/s1. The van der Waals surface area contributed by atoms with Gasteiger partial charge in [0.25, 0.3) is 5.91 Å². The molecule has 1 aliphatic rings. The van der Waals surface area contributed by atoms with Crippen molar-refractivity contribution in [3.05, 3.63) is 0 Å². The molecule has 1 fully saturated rings. The highest BCUT2D eigenvalue weighted by Crippen LogP contribution is 2.12. The van der Waals surface area contributed by atoms with Crippen molar-refractivity contribution in [2.45, 2.75) is 19.8 Å². The molecule has 0 saturated carbocycles. The Hall–Kier alpha value is -0.420. The molecular formula is C9H18N2O2S. The molecule has 0 bridgehead atoms. The summed E-state index contributed by atoms with van der Waals surface area (Å²) in [7, 11) is -2.27. The summed E-state index contributed by atoms with van der Waals surface area (Å²) in [5.41, 5.74) is 0. The first-order valence-electron chi connectivity index (χ1n) is 4.99. The number of hydrogen-bond acceptors (Lipinski definition) is 3. The summed E-state index contributed by atoms with van der Waals surface area (Å²) in [6.45, 7) is 3.44. The zero-order valence-electron chi connectivity index (χ0n) is 8.78. The van der Waals surface area contributed by atoms with Gasteiger partial charge in [-0.15, -0.1) is 0 Å². The van der Waals surface area contributed by atoms with Crippen molar-refractivity contribution < 1.29 is 9.00 Å². The van der Waals surface area contributed by atoms with Gasteiger partial charge < -0.3 is 5.32 Å². The van der Waals surface area contributed by atoms with Gasteiger partial charge in [-0.05, 0) is 19.4 Å². The van der Waals surface area contributed by atoms with Gasteiger partial charge in [0.05, 0.1) is 15.6 Å². The number of nitrogens with zero attached hydrogens (tertiary/aromatic N) is 1. The first-order valence-corrected chi connectivity index (χ1v) is 7.09. The van der Waals surface area contributed by atoms with Crippen molar-refractivity contribution in [1.82, 2.24) is 5.32 Å². The Balaban J connectivity index is 2.65. The second-order valence-corrected chi connectivity index (χ2v) is 6.40. The predicted molar refractivity (Wildman–Crippen MR) is 57.6 cm³/mol. The first kappa shape index (κ1) is 11.7. The van der Waals surface area contributed by atoms with E-state index in [-0.39, 0.29) is 11.8 Å². The fourth-order valence-corrected chi connectivity index (χ4v) is 2.05. The summed E-state index contributed by atoms with van der Waals surface area (Å²) >= 11 is 0. The van der Waals surface area contributed by atoms with E-state index in [1.165, 1.54) is 0 Å². The van der Waals surface area contributed by atoms with Gasteiger partial charge in [-0.1, -0.05) is 6.92 Å². The normalized spacial score (nSPS) is 26.6. The van der Waals surface area contributed by atoms with E-state index in [0.717, 1.165) is 19.4 Å². The van der Waals surface area contributed by atoms with Crippen LogP contribution in [0.25, 0.3) is 0 Å². The third kappa shape index (κ3) is 3.38. The maximum Gasteiger partial charge on any atom is 0.258 e. The van der Waals surface area contributed by atoms with Gasteiger partial charge in [0, 0.05) is 18.6 Å². The zero-order chi connectivity index (χ0) is 10.6. The topological polar surface area (TPSA) is 58.5 Å². The van der Waals surface area contributed by atoms with Crippen molar-refractivity contribution >= 4 is 15.6 Å². The van der Waals surface area contributed by atoms with Gasteiger partial charge in [0.15, 0.2) is 0 Å². The highest BCUT2D eigenvalue weighted by molar-refractivity contribution is 7.93. The quantitative estimate of drug-likeness (QED) is 0.739. The Morgan fingerprint density at radius 3 is 2.86 bits per heavy atom. The molecule has 1 saturated heterocycles. The minimum Gasteiger partial charge on any atom is -0.316 e. The molecule has 0 aromatic rings. The predicted octanol–water partition coefficient (Wildman–Crippen LogP) is 0.630. The first-order chi connectivity index (χ1) is 6.55. The summed E-state index contributed by atoms with van der Waals surface area (Å²) in [6.07, 6.45) is 3.42. The van der Waals surface area contributed by atoms with Gasteiger partial charge in [-0.25, -0.2) is 4.21 Å². The summed E-state index contributed by atoms with van der Waals surface area (Å²) in [6, 6.07) is 0. The van der Waals surface area contributed by atoms with Gasteiger partial charge in [-0.3, -0.25) is 4.79 Å². The van der Waals surface area contributed by atoms with Gasteiger partial charge >= 0.3 is 0 Å². The maximum absolute atomic E-state index is 11.6. The van der Waals surface area contributed by atoms with E-state index in [9.17, 15) is 9.00 Å². The van der Waals surface area contributed by atoms with Crippen LogP contribution in [-0.4, -0.2) is 35.2 Å². The lowest BCUT2D eigenvalue weighted by molar-refractivity contribution is -0.121. The fraction of sp³-hybridized carbons (Fsp3) is 0.889. The van der Waals surface area contributed by atoms with Crippen LogP contribution in [0, 0.1) is 5.92 Å². The minimum atomic E-state index is -2.27. The number of rotatable bonds is 2. The lowest BCUT2D eigenvalue weighted by Crippen LogP contribution is -2.34. The molecule has 1 unspecified atom stereocenters. The Kier molecular flexibility index (Phi) is 4.07. The number of carbonyl (C=O) groups is 1. The lowest BCUT2D eigenvalue weighted by Gasteiger charge is -2.19. The summed E-state index contributed by atoms with van der Waals surface area (Å²) in [5.74, 6) is 0.196. The maximum atomic E-state index is 11.6. The molecule has 4 nitrogen and oxygen atoms in total. The van der Waals surface area contributed by atoms with Crippen LogP contribution in [0.3, 0.4) is 0 Å². The molecule has 0 aliphatic carbocycles. The Morgan fingerprint density at radius 2 is 2.36 bits per heavy atom. The van der Waals surface area contributed by atoms with Gasteiger partial charge in [0.2, 0.25) is 0 Å². The molecule has 2 atom stereocenters. The Morgan fingerprint density at radius 1 is 1.64 bits per heavy atom. The molecule has 1 rings (SSSR count). The van der Waals surface area contributed by atoms with Crippen molar-refractivity contribution in [2.24, 2.45) is 10.3 Å². The van der Waals surface area contributed by atoms with E-state index >= 15 is 0 Å². The second kappa shape index (κ2) is 4.89. The zero-order valence-corrected chi connectivity index (χ0v) is 9.60. The van der Waals surface area contributed by atoms with E-state index in [4.69, 9.17) is 0 Å². The van der Waals surface area contributed by atoms with Gasteiger partial charge in [-0.2, -0.15) is 4.36 Å².